The summed E-state index contributed by atoms with van der Waals surface area (Å²) in [5.41, 5.74) is 3.21. The number of carbonyl (C=O) groups is 1. The van der Waals surface area contributed by atoms with Gasteiger partial charge in [0.25, 0.3) is 0 Å². The zero-order chi connectivity index (χ0) is 13.1. The maximum absolute atomic E-state index is 11.8. The molecule has 0 amide bonds. The first-order chi connectivity index (χ1) is 7.76. The van der Waals surface area contributed by atoms with Crippen molar-refractivity contribution in [3.05, 3.63) is 0 Å². The highest BCUT2D eigenvalue weighted by Crippen LogP contribution is 2.33. The molecule has 0 saturated heterocycles. The highest BCUT2D eigenvalue weighted by Gasteiger charge is 2.36. The van der Waals surface area contributed by atoms with Gasteiger partial charge in [0.05, 0.1) is 5.60 Å². The largest absolute Gasteiger partial charge is 0.378 e. The SMILES string of the molecule is CO[C@@]1(C)CCC(=O)[C@H](CC#C[Si](C)(C)C)C1. The van der Waals surface area contributed by atoms with Crippen molar-refractivity contribution < 1.29 is 9.53 Å². The van der Waals surface area contributed by atoms with Gasteiger partial charge < -0.3 is 4.74 Å². The van der Waals surface area contributed by atoms with E-state index in [4.69, 9.17) is 4.74 Å². The smallest absolute Gasteiger partial charge is 0.137 e. The van der Waals surface area contributed by atoms with Gasteiger partial charge in [-0.25, -0.2) is 0 Å². The zero-order valence-electron chi connectivity index (χ0n) is 11.7. The van der Waals surface area contributed by atoms with E-state index in [1.807, 2.05) is 0 Å². The summed E-state index contributed by atoms with van der Waals surface area (Å²) in [6.45, 7) is 8.77. The average molecular weight is 252 g/mol. The molecule has 0 bridgehead atoms. The van der Waals surface area contributed by atoms with E-state index < -0.39 is 8.07 Å². The molecule has 0 spiro atoms. The Bertz CT molecular complexity index is 345. The summed E-state index contributed by atoms with van der Waals surface area (Å²) in [5, 5.41) is 0. The molecule has 0 aromatic heterocycles. The van der Waals surface area contributed by atoms with Crippen LogP contribution >= 0.6 is 0 Å². The standard InChI is InChI=1S/C14H24O2Si/c1-14(16-2)9-8-13(15)12(11-14)7-6-10-17(3,4)5/h12H,7-9,11H2,1-5H3/t12-,14+/m1/s1. The molecule has 0 aromatic rings. The number of hydrogen-bond donors (Lipinski definition) is 0. The molecule has 3 heteroatoms. The third kappa shape index (κ3) is 4.65. The Kier molecular flexibility index (Phi) is 4.57. The molecule has 0 unspecified atom stereocenters. The van der Waals surface area contributed by atoms with Crippen molar-refractivity contribution in [2.75, 3.05) is 7.11 Å². The average Bonchev–Trinajstić information content (AvgIpc) is 2.22. The van der Waals surface area contributed by atoms with E-state index in [9.17, 15) is 4.79 Å². The normalized spacial score (nSPS) is 29.7. The summed E-state index contributed by atoms with van der Waals surface area (Å²) in [6.07, 6.45) is 3.02. The quantitative estimate of drug-likeness (QED) is 0.558. The van der Waals surface area contributed by atoms with Gasteiger partial charge in [0, 0.05) is 25.9 Å². The second-order valence-electron chi connectivity index (χ2n) is 6.28. The minimum atomic E-state index is -1.31. The number of hydrogen-bond acceptors (Lipinski definition) is 2. The van der Waals surface area contributed by atoms with Crippen LogP contribution < -0.4 is 0 Å². The Balaban J connectivity index is 2.62. The molecule has 1 fully saturated rings. The van der Waals surface area contributed by atoms with Crippen molar-refractivity contribution >= 4 is 13.9 Å². The Labute approximate surface area is 106 Å². The number of ether oxygens (including phenoxy) is 1. The van der Waals surface area contributed by atoms with Gasteiger partial charge >= 0.3 is 0 Å². The van der Waals surface area contributed by atoms with E-state index in [1.165, 1.54) is 0 Å². The number of carbonyl (C=O) groups excluding carboxylic acids is 1. The lowest BCUT2D eigenvalue weighted by molar-refractivity contribution is -0.132. The lowest BCUT2D eigenvalue weighted by Gasteiger charge is -2.35. The van der Waals surface area contributed by atoms with Crippen LogP contribution in [0.2, 0.25) is 19.6 Å². The highest BCUT2D eigenvalue weighted by atomic mass is 28.3. The van der Waals surface area contributed by atoms with Gasteiger partial charge in [-0.05, 0) is 19.8 Å². The van der Waals surface area contributed by atoms with E-state index in [0.29, 0.717) is 18.6 Å². The van der Waals surface area contributed by atoms with Crippen molar-refractivity contribution in [1.82, 2.24) is 0 Å². The maximum Gasteiger partial charge on any atom is 0.137 e. The van der Waals surface area contributed by atoms with E-state index in [1.54, 1.807) is 7.11 Å². The summed E-state index contributed by atoms with van der Waals surface area (Å²) in [6, 6.07) is 0. The first kappa shape index (κ1) is 14.5. The van der Waals surface area contributed by atoms with Crippen molar-refractivity contribution in [3.63, 3.8) is 0 Å². The number of Topliss-reactive ketones (excluding diaryl/α,β-unsaturated/α-hetero) is 1. The monoisotopic (exact) mass is 252 g/mol. The van der Waals surface area contributed by atoms with Gasteiger partial charge in [-0.3, -0.25) is 4.79 Å². The molecule has 17 heavy (non-hydrogen) atoms. The fourth-order valence-corrected chi connectivity index (χ4v) is 2.77. The lowest BCUT2D eigenvalue weighted by atomic mass is 9.77. The minimum Gasteiger partial charge on any atom is -0.378 e. The molecule has 1 rings (SSSR count). The van der Waals surface area contributed by atoms with Crippen LogP contribution in [0.4, 0.5) is 0 Å². The van der Waals surface area contributed by atoms with E-state index in [-0.39, 0.29) is 11.5 Å². The molecule has 0 aliphatic heterocycles. The molecule has 0 radical (unpaired) electrons. The predicted octanol–water partition coefficient (Wildman–Crippen LogP) is 3.03. The third-order valence-electron chi connectivity index (χ3n) is 3.34. The molecule has 0 aromatic carbocycles. The molecule has 1 aliphatic rings. The minimum absolute atomic E-state index is 0.0811. The summed E-state index contributed by atoms with van der Waals surface area (Å²) in [5.74, 6) is 3.67. The third-order valence-corrected chi connectivity index (χ3v) is 4.27. The van der Waals surface area contributed by atoms with Gasteiger partial charge in [0.2, 0.25) is 0 Å². The highest BCUT2D eigenvalue weighted by molar-refractivity contribution is 6.83. The molecule has 2 atom stereocenters. The second kappa shape index (κ2) is 5.37. The van der Waals surface area contributed by atoms with E-state index in [2.05, 4.69) is 38.0 Å². The summed E-state index contributed by atoms with van der Waals surface area (Å²) >= 11 is 0. The lowest BCUT2D eigenvalue weighted by Crippen LogP contribution is -2.38. The molecule has 0 N–H and O–H groups in total. The molecular formula is C14H24O2Si. The van der Waals surface area contributed by atoms with Crippen LogP contribution in [0.3, 0.4) is 0 Å². The van der Waals surface area contributed by atoms with Gasteiger partial charge in [-0.1, -0.05) is 19.6 Å². The zero-order valence-corrected chi connectivity index (χ0v) is 12.7. The predicted molar refractivity (Wildman–Crippen MR) is 73.5 cm³/mol. The van der Waals surface area contributed by atoms with Crippen LogP contribution in [0.15, 0.2) is 0 Å². The van der Waals surface area contributed by atoms with E-state index >= 15 is 0 Å². The van der Waals surface area contributed by atoms with Crippen LogP contribution in [-0.4, -0.2) is 26.6 Å². The first-order valence-electron chi connectivity index (χ1n) is 6.34. The fraction of sp³-hybridized carbons (Fsp3) is 0.786. The van der Waals surface area contributed by atoms with Crippen molar-refractivity contribution in [1.29, 1.82) is 0 Å². The van der Waals surface area contributed by atoms with Crippen LogP contribution in [-0.2, 0) is 9.53 Å². The van der Waals surface area contributed by atoms with Gasteiger partial charge in [0.1, 0.15) is 13.9 Å². The molecule has 0 heterocycles. The molecule has 96 valence electrons. The number of ketones is 1. The van der Waals surface area contributed by atoms with Crippen LogP contribution in [0.25, 0.3) is 0 Å². The summed E-state index contributed by atoms with van der Waals surface area (Å²) < 4.78 is 5.51. The number of rotatable bonds is 2. The van der Waals surface area contributed by atoms with Crippen molar-refractivity contribution in [2.45, 2.75) is 57.8 Å². The van der Waals surface area contributed by atoms with Crippen LogP contribution in [0, 0.1) is 17.4 Å². The van der Waals surface area contributed by atoms with Gasteiger partial charge in [-0.2, -0.15) is 0 Å². The Morgan fingerprint density at radius 3 is 2.65 bits per heavy atom. The topological polar surface area (TPSA) is 26.3 Å². The fourth-order valence-electron chi connectivity index (χ4n) is 2.14. The van der Waals surface area contributed by atoms with Gasteiger partial charge in [0.15, 0.2) is 0 Å². The second-order valence-corrected chi connectivity index (χ2v) is 11.0. The van der Waals surface area contributed by atoms with Gasteiger partial charge in [-0.15, -0.1) is 11.5 Å². The van der Waals surface area contributed by atoms with E-state index in [0.717, 1.165) is 12.8 Å². The van der Waals surface area contributed by atoms with Crippen molar-refractivity contribution in [3.8, 4) is 11.5 Å². The number of methoxy groups -OCH3 is 1. The summed E-state index contributed by atoms with van der Waals surface area (Å²) in [7, 11) is 0.425. The van der Waals surface area contributed by atoms with Crippen LogP contribution in [0.1, 0.15) is 32.6 Å². The van der Waals surface area contributed by atoms with Crippen molar-refractivity contribution in [2.24, 2.45) is 5.92 Å². The Morgan fingerprint density at radius 2 is 2.12 bits per heavy atom. The van der Waals surface area contributed by atoms with Crippen LogP contribution in [0.5, 0.6) is 0 Å². The summed E-state index contributed by atoms with van der Waals surface area (Å²) in [4.78, 5) is 11.8. The first-order valence-corrected chi connectivity index (χ1v) is 9.84. The molecule has 1 saturated carbocycles. The molecule has 2 nitrogen and oxygen atoms in total. The molecule has 1 aliphatic carbocycles. The Morgan fingerprint density at radius 1 is 1.47 bits per heavy atom. The maximum atomic E-state index is 11.8. The molecular weight excluding hydrogens is 228 g/mol. The Hall–Kier alpha value is -0.593.